The Hall–Kier alpha value is -2.01. The molecule has 1 amide bonds. The van der Waals surface area contributed by atoms with E-state index >= 15 is 0 Å². The van der Waals surface area contributed by atoms with E-state index in [1.165, 1.54) is 6.07 Å². The molecule has 0 spiro atoms. The minimum Gasteiger partial charge on any atom is -0.320 e. The van der Waals surface area contributed by atoms with Gasteiger partial charge in [0.05, 0.1) is 0 Å². The quantitative estimate of drug-likeness (QED) is 0.763. The van der Waals surface area contributed by atoms with Crippen LogP contribution in [0.3, 0.4) is 0 Å². The average molecular weight is 252 g/mol. The Bertz CT molecular complexity index is 615. The number of halogens is 1. The van der Waals surface area contributed by atoms with Gasteiger partial charge in [0.2, 0.25) is 0 Å². The Labute approximate surface area is 102 Å². The van der Waals surface area contributed by atoms with Crippen LogP contribution >= 0.6 is 11.6 Å². The van der Waals surface area contributed by atoms with E-state index in [1.54, 1.807) is 18.2 Å². The third-order valence-electron chi connectivity index (χ3n) is 2.28. The van der Waals surface area contributed by atoms with Crippen molar-refractivity contribution < 1.29 is 4.79 Å². The van der Waals surface area contributed by atoms with Gasteiger partial charge in [0.25, 0.3) is 11.5 Å². The van der Waals surface area contributed by atoms with E-state index in [1.807, 2.05) is 6.92 Å². The van der Waals surface area contributed by atoms with Crippen LogP contribution in [0.15, 0.2) is 29.1 Å². The van der Waals surface area contributed by atoms with Crippen molar-refractivity contribution in [3.63, 3.8) is 0 Å². The summed E-state index contributed by atoms with van der Waals surface area (Å²) < 4.78 is 0. The first-order chi connectivity index (χ1) is 8.06. The predicted molar refractivity (Wildman–Crippen MR) is 65.6 cm³/mol. The summed E-state index contributed by atoms with van der Waals surface area (Å²) in [5, 5.41) is 8.06. The van der Waals surface area contributed by atoms with Gasteiger partial charge in [-0.15, -0.1) is 0 Å². The lowest BCUT2D eigenvalue weighted by atomic mass is 10.2. The van der Waals surface area contributed by atoms with E-state index < -0.39 is 0 Å². The maximum atomic E-state index is 11.7. The lowest BCUT2D eigenvalue weighted by molar-refractivity contribution is 0.102. The lowest BCUT2D eigenvalue weighted by Crippen LogP contribution is -2.13. The second kappa shape index (κ2) is 4.47. The summed E-state index contributed by atoms with van der Waals surface area (Å²) in [5.41, 5.74) is 1.34. The Morgan fingerprint density at radius 3 is 2.65 bits per heavy atom. The van der Waals surface area contributed by atoms with Gasteiger partial charge in [-0.1, -0.05) is 11.6 Å². The molecule has 0 bridgehead atoms. The molecule has 1 heterocycles. The van der Waals surface area contributed by atoms with Crippen molar-refractivity contribution in [2.75, 3.05) is 5.32 Å². The smallest absolute Gasteiger partial charge is 0.273 e. The number of amides is 1. The molecule has 3 N–H and O–H groups in total. The summed E-state index contributed by atoms with van der Waals surface area (Å²) in [6.07, 6.45) is 0. The number of H-pyrrole nitrogens is 2. The summed E-state index contributed by atoms with van der Waals surface area (Å²) in [4.78, 5) is 22.6. The molecule has 17 heavy (non-hydrogen) atoms. The highest BCUT2D eigenvalue weighted by Crippen LogP contribution is 2.19. The fourth-order valence-corrected chi connectivity index (χ4v) is 1.64. The molecule has 5 nitrogen and oxygen atoms in total. The van der Waals surface area contributed by atoms with Crippen LogP contribution in [0.4, 0.5) is 5.69 Å². The van der Waals surface area contributed by atoms with Gasteiger partial charge in [-0.3, -0.25) is 19.8 Å². The fraction of sp³-hybridized carbons (Fsp3) is 0.0909. The number of carbonyl (C=O) groups excluding carboxylic acids is 1. The van der Waals surface area contributed by atoms with Crippen molar-refractivity contribution in [1.82, 2.24) is 10.2 Å². The van der Waals surface area contributed by atoms with Crippen LogP contribution < -0.4 is 10.9 Å². The van der Waals surface area contributed by atoms with Crippen LogP contribution in [-0.4, -0.2) is 16.1 Å². The third kappa shape index (κ3) is 2.57. The maximum Gasteiger partial charge on any atom is 0.273 e. The highest BCUT2D eigenvalue weighted by Gasteiger charge is 2.09. The molecule has 0 atom stereocenters. The standard InChI is InChI=1S/C11H10ClN3O2/c1-6-4-7(12)2-3-8(6)13-11(17)9-5-10(16)15-14-9/h2-5H,1H3,(H,13,17)(H2,14,15,16). The largest absolute Gasteiger partial charge is 0.320 e. The van der Waals surface area contributed by atoms with Crippen molar-refractivity contribution in [2.24, 2.45) is 0 Å². The molecule has 2 aromatic rings. The minimum absolute atomic E-state index is 0.185. The van der Waals surface area contributed by atoms with E-state index in [2.05, 4.69) is 15.5 Å². The van der Waals surface area contributed by atoms with Crippen LogP contribution in [0, 0.1) is 6.92 Å². The van der Waals surface area contributed by atoms with E-state index in [0.717, 1.165) is 5.56 Å². The van der Waals surface area contributed by atoms with Gasteiger partial charge in [-0.2, -0.15) is 0 Å². The molecular weight excluding hydrogens is 242 g/mol. The monoisotopic (exact) mass is 251 g/mol. The summed E-state index contributed by atoms with van der Waals surface area (Å²) in [7, 11) is 0. The number of aryl methyl sites for hydroxylation is 1. The molecule has 0 aliphatic carbocycles. The second-order valence-electron chi connectivity index (χ2n) is 3.59. The highest BCUT2D eigenvalue weighted by molar-refractivity contribution is 6.30. The molecule has 0 radical (unpaired) electrons. The number of aromatic nitrogens is 2. The fourth-order valence-electron chi connectivity index (χ4n) is 1.41. The van der Waals surface area contributed by atoms with Gasteiger partial charge < -0.3 is 5.32 Å². The Kier molecular flexibility index (Phi) is 3.01. The van der Waals surface area contributed by atoms with E-state index in [4.69, 9.17) is 11.6 Å². The third-order valence-corrected chi connectivity index (χ3v) is 2.51. The molecule has 6 heteroatoms. The molecule has 0 aliphatic heterocycles. The number of benzene rings is 1. The minimum atomic E-state index is -0.381. The van der Waals surface area contributed by atoms with E-state index in [-0.39, 0.29) is 17.2 Å². The van der Waals surface area contributed by atoms with Gasteiger partial charge in [0.1, 0.15) is 5.69 Å². The van der Waals surface area contributed by atoms with Crippen molar-refractivity contribution in [1.29, 1.82) is 0 Å². The van der Waals surface area contributed by atoms with Crippen molar-refractivity contribution >= 4 is 23.2 Å². The van der Waals surface area contributed by atoms with Gasteiger partial charge >= 0.3 is 0 Å². The van der Waals surface area contributed by atoms with Crippen LogP contribution in [0.1, 0.15) is 16.1 Å². The first kappa shape index (κ1) is 11.5. The topological polar surface area (TPSA) is 77.8 Å². The van der Waals surface area contributed by atoms with E-state index in [0.29, 0.717) is 10.7 Å². The first-order valence-corrected chi connectivity index (χ1v) is 5.29. The number of anilines is 1. The lowest BCUT2D eigenvalue weighted by Gasteiger charge is -2.07. The molecule has 0 saturated carbocycles. The average Bonchev–Trinajstić information content (AvgIpc) is 2.69. The number of aromatic amines is 2. The van der Waals surface area contributed by atoms with Crippen molar-refractivity contribution in [3.8, 4) is 0 Å². The molecular formula is C11H10ClN3O2. The molecule has 2 rings (SSSR count). The Balaban J connectivity index is 2.21. The molecule has 0 unspecified atom stereocenters. The molecule has 0 saturated heterocycles. The number of hydrogen-bond donors (Lipinski definition) is 3. The normalized spacial score (nSPS) is 10.2. The zero-order chi connectivity index (χ0) is 12.4. The van der Waals surface area contributed by atoms with Crippen molar-refractivity contribution in [2.45, 2.75) is 6.92 Å². The Morgan fingerprint density at radius 2 is 2.06 bits per heavy atom. The van der Waals surface area contributed by atoms with Crippen LogP contribution in [-0.2, 0) is 0 Å². The summed E-state index contributed by atoms with van der Waals surface area (Å²) in [5.74, 6) is -0.381. The molecule has 1 aromatic carbocycles. The van der Waals surface area contributed by atoms with Crippen LogP contribution in [0.25, 0.3) is 0 Å². The van der Waals surface area contributed by atoms with Gasteiger partial charge in [0, 0.05) is 16.8 Å². The first-order valence-electron chi connectivity index (χ1n) is 4.91. The van der Waals surface area contributed by atoms with Crippen molar-refractivity contribution in [3.05, 3.63) is 50.9 Å². The Morgan fingerprint density at radius 1 is 1.29 bits per heavy atom. The van der Waals surface area contributed by atoms with Crippen LogP contribution in [0.2, 0.25) is 5.02 Å². The van der Waals surface area contributed by atoms with E-state index in [9.17, 15) is 9.59 Å². The van der Waals surface area contributed by atoms with Gasteiger partial charge in [-0.05, 0) is 30.7 Å². The second-order valence-corrected chi connectivity index (χ2v) is 4.02. The zero-order valence-electron chi connectivity index (χ0n) is 9.00. The number of nitrogens with one attached hydrogen (secondary N) is 3. The SMILES string of the molecule is Cc1cc(Cl)ccc1NC(=O)c1cc(=O)[nH][nH]1. The summed E-state index contributed by atoms with van der Waals surface area (Å²) >= 11 is 5.81. The zero-order valence-corrected chi connectivity index (χ0v) is 9.76. The summed E-state index contributed by atoms with van der Waals surface area (Å²) in [6, 6.07) is 6.34. The number of carbonyl (C=O) groups is 1. The summed E-state index contributed by atoms with van der Waals surface area (Å²) in [6.45, 7) is 1.83. The van der Waals surface area contributed by atoms with Gasteiger partial charge in [0.15, 0.2) is 0 Å². The molecule has 0 aliphatic rings. The molecule has 88 valence electrons. The maximum absolute atomic E-state index is 11.7. The molecule has 0 fully saturated rings. The molecule has 1 aromatic heterocycles. The highest BCUT2D eigenvalue weighted by atomic mass is 35.5. The number of rotatable bonds is 2. The number of hydrogen-bond acceptors (Lipinski definition) is 2. The van der Waals surface area contributed by atoms with Gasteiger partial charge in [-0.25, -0.2) is 0 Å². The van der Waals surface area contributed by atoms with Crippen LogP contribution in [0.5, 0.6) is 0 Å². The predicted octanol–water partition coefficient (Wildman–Crippen LogP) is 1.92.